The van der Waals surface area contributed by atoms with Gasteiger partial charge < -0.3 is 19.2 Å². The molecule has 2 heterocycles. The number of amides is 1. The zero-order valence-electron chi connectivity index (χ0n) is 16.2. The number of hydrogen-bond acceptors (Lipinski definition) is 6. The Labute approximate surface area is 181 Å². The van der Waals surface area contributed by atoms with Crippen LogP contribution >= 0.6 is 0 Å². The van der Waals surface area contributed by atoms with Crippen molar-refractivity contribution in [2.24, 2.45) is 0 Å². The molecule has 0 aliphatic carbocycles. The SMILES string of the molecule is O=C(NS(=O)c1cc(CO)ccc1OC(F)(F)F)c1cc2c(F)cc(N3CCC3)cc2o1. The summed E-state index contributed by atoms with van der Waals surface area (Å²) in [7, 11) is -2.50. The summed E-state index contributed by atoms with van der Waals surface area (Å²) in [5, 5.41) is 9.25. The van der Waals surface area contributed by atoms with E-state index in [1.54, 1.807) is 6.07 Å². The van der Waals surface area contributed by atoms with Gasteiger partial charge in [0.2, 0.25) is 0 Å². The molecule has 3 aromatic rings. The first-order chi connectivity index (χ1) is 15.1. The molecule has 170 valence electrons. The van der Waals surface area contributed by atoms with Gasteiger partial charge in [-0.1, -0.05) is 6.07 Å². The first kappa shape index (κ1) is 22.1. The number of furan rings is 1. The van der Waals surface area contributed by atoms with Gasteiger partial charge in [0.25, 0.3) is 5.91 Å². The van der Waals surface area contributed by atoms with Crippen LogP contribution in [0, 0.1) is 5.82 Å². The number of anilines is 1. The number of carbonyl (C=O) groups excluding carboxylic acids is 1. The van der Waals surface area contributed by atoms with Gasteiger partial charge in [0.15, 0.2) is 16.7 Å². The summed E-state index contributed by atoms with van der Waals surface area (Å²) in [5.41, 5.74) is 0.855. The lowest BCUT2D eigenvalue weighted by Crippen LogP contribution is -2.36. The van der Waals surface area contributed by atoms with Crippen LogP contribution in [0.15, 0.2) is 45.7 Å². The summed E-state index contributed by atoms with van der Waals surface area (Å²) in [5.74, 6) is -2.81. The van der Waals surface area contributed by atoms with Crippen LogP contribution < -0.4 is 14.4 Å². The van der Waals surface area contributed by atoms with Gasteiger partial charge in [-0.3, -0.25) is 9.52 Å². The number of nitrogens with one attached hydrogen (secondary N) is 1. The number of ether oxygens (including phenoxy) is 1. The van der Waals surface area contributed by atoms with E-state index in [9.17, 15) is 31.7 Å². The molecule has 1 aromatic heterocycles. The van der Waals surface area contributed by atoms with E-state index in [-0.39, 0.29) is 22.3 Å². The predicted octanol–water partition coefficient (Wildman–Crippen LogP) is 3.63. The number of benzene rings is 2. The third-order valence-electron chi connectivity index (χ3n) is 4.82. The van der Waals surface area contributed by atoms with Gasteiger partial charge in [-0.2, -0.15) is 0 Å². The monoisotopic (exact) mass is 472 g/mol. The molecule has 0 bridgehead atoms. The normalized spacial score (nSPS) is 14.8. The van der Waals surface area contributed by atoms with Crippen LogP contribution in [-0.2, 0) is 17.6 Å². The van der Waals surface area contributed by atoms with Gasteiger partial charge in [-0.25, -0.2) is 8.60 Å². The Bertz CT molecular complexity index is 1210. The fraction of sp³-hybridized carbons (Fsp3) is 0.250. The van der Waals surface area contributed by atoms with Gasteiger partial charge >= 0.3 is 6.36 Å². The van der Waals surface area contributed by atoms with Crippen molar-refractivity contribution in [3.8, 4) is 5.75 Å². The molecular weight excluding hydrogens is 456 g/mol. The number of rotatable bonds is 6. The summed E-state index contributed by atoms with van der Waals surface area (Å²) in [6.07, 6.45) is -4.08. The Morgan fingerprint density at radius 2 is 1.97 bits per heavy atom. The van der Waals surface area contributed by atoms with Crippen molar-refractivity contribution in [1.82, 2.24) is 4.72 Å². The Morgan fingerprint density at radius 3 is 2.59 bits per heavy atom. The van der Waals surface area contributed by atoms with E-state index < -0.39 is 46.3 Å². The van der Waals surface area contributed by atoms with Crippen molar-refractivity contribution in [2.45, 2.75) is 24.3 Å². The maximum absolute atomic E-state index is 14.4. The van der Waals surface area contributed by atoms with Gasteiger partial charge in [-0.15, -0.1) is 13.2 Å². The van der Waals surface area contributed by atoms with Crippen LogP contribution in [0.5, 0.6) is 5.75 Å². The maximum Gasteiger partial charge on any atom is 0.573 e. The first-order valence-electron chi connectivity index (χ1n) is 9.35. The minimum atomic E-state index is -5.06. The summed E-state index contributed by atoms with van der Waals surface area (Å²) < 4.78 is 76.3. The van der Waals surface area contributed by atoms with E-state index in [2.05, 4.69) is 4.74 Å². The summed E-state index contributed by atoms with van der Waals surface area (Å²) in [6.45, 7) is 1.01. The zero-order chi connectivity index (χ0) is 23.0. The van der Waals surface area contributed by atoms with Crippen LogP contribution in [0.1, 0.15) is 22.5 Å². The molecule has 7 nitrogen and oxygen atoms in total. The largest absolute Gasteiger partial charge is 0.573 e. The number of aliphatic hydroxyl groups excluding tert-OH is 1. The molecule has 4 rings (SSSR count). The molecular formula is C20H16F4N2O5S. The fourth-order valence-corrected chi connectivity index (χ4v) is 4.08. The molecule has 1 fully saturated rings. The highest BCUT2D eigenvalue weighted by Crippen LogP contribution is 2.31. The first-order valence-corrected chi connectivity index (χ1v) is 10.5. The van der Waals surface area contributed by atoms with E-state index in [4.69, 9.17) is 4.42 Å². The number of aliphatic hydroxyl groups is 1. The molecule has 0 radical (unpaired) electrons. The summed E-state index contributed by atoms with van der Waals surface area (Å²) in [4.78, 5) is 13.9. The van der Waals surface area contributed by atoms with E-state index >= 15 is 0 Å². The molecule has 0 spiro atoms. The van der Waals surface area contributed by atoms with Crippen LogP contribution in [0.25, 0.3) is 11.0 Å². The number of carbonyl (C=O) groups is 1. The van der Waals surface area contributed by atoms with E-state index in [1.807, 2.05) is 9.62 Å². The van der Waals surface area contributed by atoms with Crippen molar-refractivity contribution in [3.63, 3.8) is 0 Å². The Morgan fingerprint density at radius 1 is 1.22 bits per heavy atom. The van der Waals surface area contributed by atoms with E-state index in [1.165, 1.54) is 6.07 Å². The Kier molecular flexibility index (Phi) is 5.82. The number of nitrogens with zero attached hydrogens (tertiary/aromatic N) is 1. The summed E-state index contributed by atoms with van der Waals surface area (Å²) in [6, 6.07) is 7.06. The number of hydrogen-bond donors (Lipinski definition) is 2. The summed E-state index contributed by atoms with van der Waals surface area (Å²) >= 11 is 0. The lowest BCUT2D eigenvalue weighted by atomic mass is 10.1. The van der Waals surface area contributed by atoms with Crippen LogP contribution in [-0.4, -0.2) is 34.7 Å². The highest BCUT2D eigenvalue weighted by atomic mass is 32.2. The maximum atomic E-state index is 14.4. The fourth-order valence-electron chi connectivity index (χ4n) is 3.15. The third kappa shape index (κ3) is 4.55. The zero-order valence-corrected chi connectivity index (χ0v) is 17.1. The van der Waals surface area contributed by atoms with Crippen LogP contribution in [0.3, 0.4) is 0 Å². The molecule has 1 aliphatic heterocycles. The number of halogens is 4. The molecule has 1 amide bonds. The molecule has 1 unspecified atom stereocenters. The second-order valence-corrected chi connectivity index (χ2v) is 8.16. The van der Waals surface area contributed by atoms with Crippen molar-refractivity contribution < 1.29 is 40.8 Å². The average molecular weight is 472 g/mol. The lowest BCUT2D eigenvalue weighted by molar-refractivity contribution is -0.275. The highest BCUT2D eigenvalue weighted by molar-refractivity contribution is 7.83. The van der Waals surface area contributed by atoms with Crippen molar-refractivity contribution in [1.29, 1.82) is 0 Å². The number of fused-ring (bicyclic) bond motifs is 1. The van der Waals surface area contributed by atoms with Crippen molar-refractivity contribution in [3.05, 3.63) is 53.5 Å². The molecule has 0 saturated carbocycles. The number of alkyl halides is 3. The van der Waals surface area contributed by atoms with Gasteiger partial charge in [-0.05, 0) is 30.2 Å². The van der Waals surface area contributed by atoms with E-state index in [0.717, 1.165) is 43.8 Å². The molecule has 1 aliphatic rings. The highest BCUT2D eigenvalue weighted by Gasteiger charge is 2.33. The second kappa shape index (κ2) is 8.43. The second-order valence-electron chi connectivity index (χ2n) is 6.98. The van der Waals surface area contributed by atoms with Crippen molar-refractivity contribution >= 4 is 33.5 Å². The molecule has 1 saturated heterocycles. The smallest absolute Gasteiger partial charge is 0.451 e. The van der Waals surface area contributed by atoms with Gasteiger partial charge in [0, 0.05) is 30.9 Å². The molecule has 2 N–H and O–H groups in total. The van der Waals surface area contributed by atoms with Crippen molar-refractivity contribution in [2.75, 3.05) is 18.0 Å². The van der Waals surface area contributed by atoms with E-state index in [0.29, 0.717) is 5.69 Å². The van der Waals surface area contributed by atoms with Crippen LogP contribution in [0.2, 0.25) is 0 Å². The molecule has 32 heavy (non-hydrogen) atoms. The Hall–Kier alpha value is -3.12. The molecule has 1 atom stereocenters. The third-order valence-corrected chi connectivity index (χ3v) is 5.91. The average Bonchev–Trinajstić information content (AvgIpc) is 3.10. The lowest BCUT2D eigenvalue weighted by Gasteiger charge is -2.33. The standard InChI is InChI=1S/C20H16F4N2O5S/c21-14-7-12(26-4-1-5-26)8-16-13(14)9-17(30-16)19(28)25-32(29)18-6-11(10-27)2-3-15(18)31-20(22,23)24/h2-3,6-9,27H,1,4-5,10H2,(H,25,28). The van der Waals surface area contributed by atoms with Gasteiger partial charge in [0.1, 0.15) is 22.0 Å². The molecule has 2 aromatic carbocycles. The quantitative estimate of drug-likeness (QED) is 0.533. The minimum Gasteiger partial charge on any atom is -0.451 e. The molecule has 12 heteroatoms. The minimum absolute atomic E-state index is 0.0357. The van der Waals surface area contributed by atoms with Gasteiger partial charge in [0.05, 0.1) is 12.0 Å². The Balaban J connectivity index is 1.59. The topological polar surface area (TPSA) is 92.0 Å². The predicted molar refractivity (Wildman–Crippen MR) is 106 cm³/mol. The van der Waals surface area contributed by atoms with Crippen LogP contribution in [0.4, 0.5) is 23.2 Å².